The Hall–Kier alpha value is -0.680. The summed E-state index contributed by atoms with van der Waals surface area (Å²) >= 11 is 6.70. The maximum absolute atomic E-state index is 11.3. The number of nitrogens with one attached hydrogen (secondary N) is 1. The summed E-state index contributed by atoms with van der Waals surface area (Å²) in [7, 11) is 0. The SMILES string of the molecule is O=C(NCCCCCCl)c1csnn1. The van der Waals surface area contributed by atoms with Crippen molar-refractivity contribution in [3.8, 4) is 0 Å². The van der Waals surface area contributed by atoms with Crippen LogP contribution in [0.25, 0.3) is 0 Å². The lowest BCUT2D eigenvalue weighted by Crippen LogP contribution is -2.24. The predicted molar refractivity (Wildman–Crippen MR) is 56.8 cm³/mol. The molecule has 1 N–H and O–H groups in total. The van der Waals surface area contributed by atoms with Gasteiger partial charge >= 0.3 is 0 Å². The average Bonchev–Trinajstić information content (AvgIpc) is 2.70. The van der Waals surface area contributed by atoms with Gasteiger partial charge in [-0.2, -0.15) is 0 Å². The fourth-order valence-corrected chi connectivity index (χ4v) is 1.58. The first-order valence-electron chi connectivity index (χ1n) is 4.46. The van der Waals surface area contributed by atoms with Gasteiger partial charge in [-0.05, 0) is 24.4 Å². The number of amides is 1. The number of rotatable bonds is 6. The van der Waals surface area contributed by atoms with Crippen LogP contribution < -0.4 is 5.32 Å². The molecule has 0 unspecified atom stereocenters. The van der Waals surface area contributed by atoms with Crippen LogP contribution in [0.15, 0.2) is 5.38 Å². The largest absolute Gasteiger partial charge is 0.351 e. The van der Waals surface area contributed by atoms with E-state index in [-0.39, 0.29) is 5.91 Å². The molecule has 0 radical (unpaired) electrons. The smallest absolute Gasteiger partial charge is 0.272 e. The van der Waals surface area contributed by atoms with Gasteiger partial charge in [-0.25, -0.2) is 0 Å². The number of carbonyl (C=O) groups excluding carboxylic acids is 1. The van der Waals surface area contributed by atoms with Crippen molar-refractivity contribution in [3.05, 3.63) is 11.1 Å². The molecule has 1 amide bonds. The quantitative estimate of drug-likeness (QED) is 0.601. The molecule has 0 atom stereocenters. The third-order valence-corrected chi connectivity index (χ3v) is 2.46. The minimum absolute atomic E-state index is 0.148. The van der Waals surface area contributed by atoms with Crippen molar-refractivity contribution in [2.45, 2.75) is 19.3 Å². The fourth-order valence-electron chi connectivity index (χ4n) is 0.952. The number of hydrogen-bond acceptors (Lipinski definition) is 4. The molecule has 6 heteroatoms. The van der Waals surface area contributed by atoms with Crippen molar-refractivity contribution in [2.75, 3.05) is 12.4 Å². The Labute approximate surface area is 91.8 Å². The van der Waals surface area contributed by atoms with Gasteiger partial charge in [0.05, 0.1) is 0 Å². The van der Waals surface area contributed by atoms with Crippen LogP contribution in [0, 0.1) is 0 Å². The van der Waals surface area contributed by atoms with Crippen LogP contribution in [0.2, 0.25) is 0 Å². The van der Waals surface area contributed by atoms with Gasteiger partial charge in [-0.15, -0.1) is 16.7 Å². The lowest BCUT2D eigenvalue weighted by atomic mass is 10.2. The average molecular weight is 234 g/mol. The third kappa shape index (κ3) is 4.02. The molecule has 0 fully saturated rings. The molecule has 0 bridgehead atoms. The molecule has 0 saturated carbocycles. The zero-order valence-electron chi connectivity index (χ0n) is 7.70. The molecule has 0 aromatic carbocycles. The number of halogens is 1. The van der Waals surface area contributed by atoms with E-state index in [9.17, 15) is 4.79 Å². The van der Waals surface area contributed by atoms with Crippen LogP contribution >= 0.6 is 23.1 Å². The molecule has 0 saturated heterocycles. The zero-order valence-corrected chi connectivity index (χ0v) is 9.27. The van der Waals surface area contributed by atoms with Crippen LogP contribution in [0.4, 0.5) is 0 Å². The first kappa shape index (κ1) is 11.4. The van der Waals surface area contributed by atoms with E-state index in [2.05, 4.69) is 14.9 Å². The lowest BCUT2D eigenvalue weighted by Gasteiger charge is -2.01. The Morgan fingerprint density at radius 3 is 3.00 bits per heavy atom. The number of hydrogen-bond donors (Lipinski definition) is 1. The van der Waals surface area contributed by atoms with Crippen LogP contribution in [-0.4, -0.2) is 27.9 Å². The summed E-state index contributed by atoms with van der Waals surface area (Å²) in [5.74, 6) is 0.536. The molecule has 0 aliphatic heterocycles. The van der Waals surface area contributed by atoms with Crippen molar-refractivity contribution < 1.29 is 4.79 Å². The monoisotopic (exact) mass is 233 g/mol. The molecule has 78 valence electrons. The highest BCUT2D eigenvalue weighted by atomic mass is 35.5. The molecular weight excluding hydrogens is 222 g/mol. The number of alkyl halides is 1. The molecule has 0 spiro atoms. The number of carbonyl (C=O) groups is 1. The summed E-state index contributed by atoms with van der Waals surface area (Å²) in [6, 6.07) is 0. The first-order valence-corrected chi connectivity index (χ1v) is 5.83. The number of unbranched alkanes of at least 4 members (excludes halogenated alkanes) is 2. The second-order valence-corrected chi connectivity index (χ2v) is 3.78. The van der Waals surface area contributed by atoms with E-state index < -0.39 is 0 Å². The normalized spacial score (nSPS) is 10.1. The van der Waals surface area contributed by atoms with Crippen LogP contribution in [-0.2, 0) is 0 Å². The van der Waals surface area contributed by atoms with E-state index in [1.165, 1.54) is 11.5 Å². The summed E-state index contributed by atoms with van der Waals surface area (Å²) in [4.78, 5) is 11.3. The summed E-state index contributed by atoms with van der Waals surface area (Å²) in [6.45, 7) is 0.674. The Kier molecular flexibility index (Phi) is 5.47. The van der Waals surface area contributed by atoms with Gasteiger partial charge in [-0.3, -0.25) is 4.79 Å². The van der Waals surface area contributed by atoms with Crippen molar-refractivity contribution in [2.24, 2.45) is 0 Å². The number of nitrogens with zero attached hydrogens (tertiary/aromatic N) is 2. The molecule has 14 heavy (non-hydrogen) atoms. The maximum atomic E-state index is 11.3. The van der Waals surface area contributed by atoms with E-state index in [0.717, 1.165) is 19.3 Å². The van der Waals surface area contributed by atoms with Gasteiger partial charge < -0.3 is 5.32 Å². The van der Waals surface area contributed by atoms with Gasteiger partial charge in [-0.1, -0.05) is 10.9 Å². The van der Waals surface area contributed by atoms with Crippen molar-refractivity contribution in [1.82, 2.24) is 14.9 Å². The fraction of sp³-hybridized carbons (Fsp3) is 0.625. The molecule has 0 aliphatic rings. The van der Waals surface area contributed by atoms with Crippen LogP contribution in [0.1, 0.15) is 29.8 Å². The molecule has 4 nitrogen and oxygen atoms in total. The highest BCUT2D eigenvalue weighted by molar-refractivity contribution is 7.03. The third-order valence-electron chi connectivity index (χ3n) is 1.69. The second kappa shape index (κ2) is 6.73. The van der Waals surface area contributed by atoms with Crippen LogP contribution in [0.3, 0.4) is 0 Å². The van der Waals surface area contributed by atoms with E-state index in [0.29, 0.717) is 18.1 Å². The van der Waals surface area contributed by atoms with Gasteiger partial charge in [0.1, 0.15) is 0 Å². The Balaban J connectivity index is 2.10. The molecule has 1 rings (SSSR count). The van der Waals surface area contributed by atoms with Gasteiger partial charge in [0, 0.05) is 17.8 Å². The van der Waals surface area contributed by atoms with Crippen molar-refractivity contribution in [1.29, 1.82) is 0 Å². The standard InChI is InChI=1S/C8H12ClN3OS/c9-4-2-1-3-5-10-8(13)7-6-14-12-11-7/h6H,1-5H2,(H,10,13). The van der Waals surface area contributed by atoms with E-state index in [1.54, 1.807) is 5.38 Å². The minimum atomic E-state index is -0.148. The van der Waals surface area contributed by atoms with Gasteiger partial charge in [0.25, 0.3) is 5.91 Å². The van der Waals surface area contributed by atoms with Crippen LogP contribution in [0.5, 0.6) is 0 Å². The summed E-state index contributed by atoms with van der Waals surface area (Å²) in [5, 5.41) is 8.07. The van der Waals surface area contributed by atoms with Crippen molar-refractivity contribution >= 4 is 29.0 Å². The van der Waals surface area contributed by atoms with E-state index in [4.69, 9.17) is 11.6 Å². The Bertz CT molecular complexity index is 266. The molecule has 1 heterocycles. The minimum Gasteiger partial charge on any atom is -0.351 e. The summed E-state index contributed by atoms with van der Waals surface area (Å²) in [6.07, 6.45) is 2.99. The molecule has 1 aromatic heterocycles. The maximum Gasteiger partial charge on any atom is 0.272 e. The van der Waals surface area contributed by atoms with Gasteiger partial charge in [0.2, 0.25) is 0 Å². The number of aromatic nitrogens is 2. The summed E-state index contributed by atoms with van der Waals surface area (Å²) in [5.41, 5.74) is 0.396. The Morgan fingerprint density at radius 2 is 2.36 bits per heavy atom. The predicted octanol–water partition coefficient (Wildman–Crippen LogP) is 1.68. The Morgan fingerprint density at radius 1 is 1.50 bits per heavy atom. The second-order valence-electron chi connectivity index (χ2n) is 2.80. The summed E-state index contributed by atoms with van der Waals surface area (Å²) < 4.78 is 3.61. The first-order chi connectivity index (χ1) is 6.84. The van der Waals surface area contributed by atoms with E-state index >= 15 is 0 Å². The highest BCUT2D eigenvalue weighted by Crippen LogP contribution is 1.98. The lowest BCUT2D eigenvalue weighted by molar-refractivity contribution is 0.0948. The van der Waals surface area contributed by atoms with Crippen molar-refractivity contribution in [3.63, 3.8) is 0 Å². The molecule has 1 aromatic rings. The van der Waals surface area contributed by atoms with Gasteiger partial charge in [0.15, 0.2) is 5.69 Å². The van der Waals surface area contributed by atoms with E-state index in [1.807, 2.05) is 0 Å². The highest BCUT2D eigenvalue weighted by Gasteiger charge is 2.06. The molecular formula is C8H12ClN3OS. The molecule has 0 aliphatic carbocycles. The zero-order chi connectivity index (χ0) is 10.2. The topological polar surface area (TPSA) is 54.9 Å².